The van der Waals surface area contributed by atoms with Crippen LogP contribution in [-0.4, -0.2) is 41.1 Å². The summed E-state index contributed by atoms with van der Waals surface area (Å²) in [6.07, 6.45) is 1.66. The number of nitrogens with zero attached hydrogens (tertiary/aromatic N) is 2. The Kier molecular flexibility index (Phi) is 4.29. The number of amides is 2. The summed E-state index contributed by atoms with van der Waals surface area (Å²) in [7, 11) is 0. The summed E-state index contributed by atoms with van der Waals surface area (Å²) in [5.74, 6) is -2.55. The van der Waals surface area contributed by atoms with Crippen LogP contribution in [0.3, 0.4) is 0 Å². The molecule has 2 amide bonds. The van der Waals surface area contributed by atoms with Crippen molar-refractivity contribution in [3.63, 3.8) is 0 Å². The zero-order chi connectivity index (χ0) is 20.3. The van der Waals surface area contributed by atoms with Crippen LogP contribution in [0, 0.1) is 17.7 Å². The van der Waals surface area contributed by atoms with E-state index in [-0.39, 0.29) is 23.6 Å². The summed E-state index contributed by atoms with van der Waals surface area (Å²) >= 11 is 5.94. The normalized spacial score (nSPS) is 28.7. The SMILES string of the molecule is O=C(c1ccc(Cl)cc1)[C@H]1[C@@H]2C(=O)N(c3ccc(F)cc3)C(=O)[C@H]2[C@H]2CCCN21. The average molecular weight is 413 g/mol. The Balaban J connectivity index is 1.54. The van der Waals surface area contributed by atoms with Crippen LogP contribution in [0.5, 0.6) is 0 Å². The quantitative estimate of drug-likeness (QED) is 0.573. The Morgan fingerprint density at radius 1 is 0.966 bits per heavy atom. The van der Waals surface area contributed by atoms with E-state index in [0.717, 1.165) is 17.7 Å². The van der Waals surface area contributed by atoms with Gasteiger partial charge in [0, 0.05) is 16.6 Å². The monoisotopic (exact) mass is 412 g/mol. The summed E-state index contributed by atoms with van der Waals surface area (Å²) < 4.78 is 13.3. The molecule has 5 nitrogen and oxygen atoms in total. The van der Waals surface area contributed by atoms with Gasteiger partial charge in [0.1, 0.15) is 5.82 Å². The number of imide groups is 1. The summed E-state index contributed by atoms with van der Waals surface area (Å²) in [5, 5.41) is 0.527. The van der Waals surface area contributed by atoms with E-state index < -0.39 is 23.7 Å². The average Bonchev–Trinajstić information content (AvgIpc) is 3.35. The lowest BCUT2D eigenvalue weighted by Crippen LogP contribution is -2.46. The van der Waals surface area contributed by atoms with Crippen LogP contribution in [0.25, 0.3) is 0 Å². The molecule has 3 aliphatic heterocycles. The molecule has 0 saturated carbocycles. The van der Waals surface area contributed by atoms with Gasteiger partial charge in [-0.2, -0.15) is 0 Å². The van der Waals surface area contributed by atoms with Gasteiger partial charge in [-0.15, -0.1) is 0 Å². The molecule has 0 bridgehead atoms. The molecular formula is C22H18ClFN2O3. The topological polar surface area (TPSA) is 57.7 Å². The van der Waals surface area contributed by atoms with Crippen LogP contribution < -0.4 is 4.90 Å². The number of carbonyl (C=O) groups is 3. The van der Waals surface area contributed by atoms with E-state index in [2.05, 4.69) is 0 Å². The van der Waals surface area contributed by atoms with Crippen molar-refractivity contribution in [2.75, 3.05) is 11.4 Å². The largest absolute Gasteiger partial charge is 0.292 e. The lowest BCUT2D eigenvalue weighted by Gasteiger charge is -2.27. The lowest BCUT2D eigenvalue weighted by molar-refractivity contribution is -0.123. The highest BCUT2D eigenvalue weighted by Crippen LogP contribution is 2.48. The highest BCUT2D eigenvalue weighted by Gasteiger charge is 2.64. The fraction of sp³-hybridized carbons (Fsp3) is 0.318. The molecule has 0 spiro atoms. The number of benzene rings is 2. The molecule has 0 aromatic heterocycles. The molecule has 0 aliphatic carbocycles. The van der Waals surface area contributed by atoms with E-state index in [4.69, 9.17) is 11.6 Å². The highest BCUT2D eigenvalue weighted by atomic mass is 35.5. The number of rotatable bonds is 3. The van der Waals surface area contributed by atoms with Crippen molar-refractivity contribution >= 4 is 34.9 Å². The van der Waals surface area contributed by atoms with Gasteiger partial charge in [0.25, 0.3) is 0 Å². The first-order valence-corrected chi connectivity index (χ1v) is 10.0. The number of fused-ring (bicyclic) bond motifs is 3. The Labute approximate surface area is 172 Å². The molecule has 4 atom stereocenters. The lowest BCUT2D eigenvalue weighted by atomic mass is 9.85. The van der Waals surface area contributed by atoms with Gasteiger partial charge in [0.2, 0.25) is 11.8 Å². The van der Waals surface area contributed by atoms with Crippen LogP contribution in [0.1, 0.15) is 23.2 Å². The van der Waals surface area contributed by atoms with Gasteiger partial charge < -0.3 is 0 Å². The van der Waals surface area contributed by atoms with Crippen LogP contribution >= 0.6 is 11.6 Å². The van der Waals surface area contributed by atoms with Crippen molar-refractivity contribution in [1.82, 2.24) is 4.90 Å². The summed E-state index contributed by atoms with van der Waals surface area (Å²) in [6.45, 7) is 0.693. The summed E-state index contributed by atoms with van der Waals surface area (Å²) in [5.41, 5.74) is 0.823. The van der Waals surface area contributed by atoms with Crippen molar-refractivity contribution in [2.24, 2.45) is 11.8 Å². The third-order valence-electron chi connectivity index (χ3n) is 6.33. The first-order chi connectivity index (χ1) is 14.0. The number of halogens is 2. The molecule has 0 unspecified atom stereocenters. The van der Waals surface area contributed by atoms with Gasteiger partial charge in [0.15, 0.2) is 5.78 Å². The number of Topliss-reactive ketones (excluding diaryl/α,β-unsaturated/α-hetero) is 1. The second-order valence-electron chi connectivity index (χ2n) is 7.80. The molecule has 3 heterocycles. The van der Waals surface area contributed by atoms with Crippen LogP contribution in [-0.2, 0) is 9.59 Å². The number of carbonyl (C=O) groups excluding carboxylic acids is 3. The van der Waals surface area contributed by atoms with E-state index >= 15 is 0 Å². The van der Waals surface area contributed by atoms with Gasteiger partial charge in [0.05, 0.1) is 23.6 Å². The molecular weight excluding hydrogens is 395 g/mol. The van der Waals surface area contributed by atoms with Gasteiger partial charge in [-0.25, -0.2) is 9.29 Å². The van der Waals surface area contributed by atoms with Crippen LogP contribution in [0.4, 0.5) is 10.1 Å². The van der Waals surface area contributed by atoms with Gasteiger partial charge in [-0.3, -0.25) is 19.3 Å². The van der Waals surface area contributed by atoms with E-state index in [1.807, 2.05) is 4.90 Å². The Morgan fingerprint density at radius 3 is 2.31 bits per heavy atom. The highest BCUT2D eigenvalue weighted by molar-refractivity contribution is 6.30. The minimum Gasteiger partial charge on any atom is -0.292 e. The molecule has 2 aromatic rings. The van der Waals surface area contributed by atoms with Crippen molar-refractivity contribution < 1.29 is 18.8 Å². The Bertz CT molecular complexity index is 1010. The summed E-state index contributed by atoms with van der Waals surface area (Å²) in [6, 6.07) is 11.1. The fourth-order valence-corrected chi connectivity index (χ4v) is 5.27. The second-order valence-corrected chi connectivity index (χ2v) is 8.24. The molecule has 7 heteroatoms. The van der Waals surface area contributed by atoms with Crippen molar-refractivity contribution in [3.05, 3.63) is 64.9 Å². The third-order valence-corrected chi connectivity index (χ3v) is 6.59. The predicted molar refractivity (Wildman–Crippen MR) is 105 cm³/mol. The van der Waals surface area contributed by atoms with Crippen LogP contribution in [0.15, 0.2) is 48.5 Å². The van der Waals surface area contributed by atoms with Gasteiger partial charge in [-0.1, -0.05) is 11.6 Å². The maximum Gasteiger partial charge on any atom is 0.239 e. The molecule has 3 aliphatic rings. The van der Waals surface area contributed by atoms with Gasteiger partial charge >= 0.3 is 0 Å². The minimum atomic E-state index is -0.721. The number of hydrogen-bond acceptors (Lipinski definition) is 4. The van der Waals surface area contributed by atoms with E-state index in [0.29, 0.717) is 22.8 Å². The maximum atomic E-state index is 13.4. The zero-order valence-electron chi connectivity index (χ0n) is 15.4. The maximum absolute atomic E-state index is 13.4. The van der Waals surface area contributed by atoms with Crippen molar-refractivity contribution in [1.29, 1.82) is 0 Å². The molecule has 0 N–H and O–H groups in total. The number of anilines is 1. The first-order valence-electron chi connectivity index (χ1n) is 9.66. The molecule has 3 fully saturated rings. The zero-order valence-corrected chi connectivity index (χ0v) is 16.2. The predicted octanol–water partition coefficient (Wildman–Crippen LogP) is 3.31. The smallest absolute Gasteiger partial charge is 0.239 e. The number of ketones is 1. The summed E-state index contributed by atoms with van der Waals surface area (Å²) in [4.78, 5) is 43.1. The molecule has 5 rings (SSSR count). The molecule has 0 radical (unpaired) electrons. The van der Waals surface area contributed by atoms with Crippen molar-refractivity contribution in [2.45, 2.75) is 24.9 Å². The van der Waals surface area contributed by atoms with Crippen LogP contribution in [0.2, 0.25) is 5.02 Å². The Morgan fingerprint density at radius 2 is 1.62 bits per heavy atom. The third kappa shape index (κ3) is 2.74. The second kappa shape index (κ2) is 6.75. The first kappa shape index (κ1) is 18.5. The molecule has 2 aromatic carbocycles. The van der Waals surface area contributed by atoms with Crippen molar-refractivity contribution in [3.8, 4) is 0 Å². The van der Waals surface area contributed by atoms with E-state index in [1.54, 1.807) is 24.3 Å². The standard InChI is InChI=1S/C22H18ClFN2O3/c23-13-5-3-12(4-6-13)20(27)19-18-17(16-2-1-11-25(16)19)21(28)26(22(18)29)15-9-7-14(24)8-10-15/h3-10,16-19H,1-2,11H2/t16-,17+,18-,19-/m1/s1. The van der Waals surface area contributed by atoms with E-state index in [1.165, 1.54) is 24.3 Å². The molecule has 29 heavy (non-hydrogen) atoms. The number of hydrogen-bond donors (Lipinski definition) is 0. The molecule has 3 saturated heterocycles. The Hall–Kier alpha value is -2.57. The minimum absolute atomic E-state index is 0.122. The van der Waals surface area contributed by atoms with Gasteiger partial charge in [-0.05, 0) is 67.9 Å². The van der Waals surface area contributed by atoms with E-state index in [9.17, 15) is 18.8 Å². The fourth-order valence-electron chi connectivity index (χ4n) is 5.14. The molecule has 148 valence electrons.